The Hall–Kier alpha value is -1.39. The molecule has 4 heteroatoms. The lowest BCUT2D eigenvalue weighted by molar-refractivity contribution is -0.128. The van der Waals surface area contributed by atoms with Crippen molar-refractivity contribution < 1.29 is 4.79 Å². The third kappa shape index (κ3) is 2.34. The Morgan fingerprint density at radius 2 is 2.18 bits per heavy atom. The molecule has 1 saturated carbocycles. The summed E-state index contributed by atoms with van der Waals surface area (Å²) in [5.74, 6) is 0.742. The van der Waals surface area contributed by atoms with Crippen molar-refractivity contribution in [2.75, 3.05) is 25.0 Å². The average molecular weight is 299 g/mol. The lowest BCUT2D eigenvalue weighted by Crippen LogP contribution is -2.44. The van der Waals surface area contributed by atoms with Gasteiger partial charge >= 0.3 is 0 Å². The molecule has 0 bridgehead atoms. The number of rotatable bonds is 2. The van der Waals surface area contributed by atoms with Crippen molar-refractivity contribution in [1.29, 1.82) is 0 Å². The third-order valence-corrected chi connectivity index (χ3v) is 5.84. The van der Waals surface area contributed by atoms with Gasteiger partial charge in [-0.15, -0.1) is 0 Å². The first-order valence-corrected chi connectivity index (χ1v) is 8.63. The molecule has 1 amide bonds. The Labute approximate surface area is 132 Å². The van der Waals surface area contributed by atoms with Crippen LogP contribution in [0.5, 0.6) is 0 Å². The van der Waals surface area contributed by atoms with E-state index in [-0.39, 0.29) is 11.3 Å². The fourth-order valence-corrected chi connectivity index (χ4v) is 4.50. The van der Waals surface area contributed by atoms with Crippen molar-refractivity contribution in [3.8, 4) is 0 Å². The summed E-state index contributed by atoms with van der Waals surface area (Å²) in [5.41, 5.74) is 3.52. The molecule has 4 rings (SSSR count). The first kappa shape index (κ1) is 14.2. The third-order valence-electron chi connectivity index (χ3n) is 5.84. The Kier molecular flexibility index (Phi) is 3.66. The quantitative estimate of drug-likeness (QED) is 0.783. The molecule has 3 N–H and O–H groups in total. The summed E-state index contributed by atoms with van der Waals surface area (Å²) < 4.78 is 0. The molecule has 22 heavy (non-hydrogen) atoms. The molecular formula is C18H25N3O. The van der Waals surface area contributed by atoms with Crippen molar-refractivity contribution >= 4 is 11.6 Å². The molecule has 1 saturated heterocycles. The molecule has 2 aliphatic heterocycles. The van der Waals surface area contributed by atoms with Crippen LogP contribution in [0.4, 0.5) is 5.69 Å². The van der Waals surface area contributed by atoms with Gasteiger partial charge in [0, 0.05) is 18.8 Å². The normalized spacial score (nSPS) is 30.5. The van der Waals surface area contributed by atoms with Crippen molar-refractivity contribution in [3.63, 3.8) is 0 Å². The molecule has 2 heterocycles. The first-order valence-electron chi connectivity index (χ1n) is 8.63. The number of nitrogens with one attached hydrogen (secondary N) is 3. The summed E-state index contributed by atoms with van der Waals surface area (Å²) in [4.78, 5) is 13.0. The molecule has 0 aromatic heterocycles. The van der Waals surface area contributed by atoms with Gasteiger partial charge in [-0.1, -0.05) is 18.9 Å². The highest BCUT2D eigenvalue weighted by atomic mass is 16.2. The van der Waals surface area contributed by atoms with Gasteiger partial charge in [0.05, 0.1) is 5.41 Å². The van der Waals surface area contributed by atoms with Gasteiger partial charge < -0.3 is 16.0 Å². The maximum Gasteiger partial charge on any atom is 0.232 e. The second-order valence-electron chi connectivity index (χ2n) is 7.09. The Morgan fingerprint density at radius 3 is 3.14 bits per heavy atom. The number of hydrogen-bond acceptors (Lipinski definition) is 3. The van der Waals surface area contributed by atoms with Crippen LogP contribution in [0.25, 0.3) is 0 Å². The van der Waals surface area contributed by atoms with Gasteiger partial charge in [-0.05, 0) is 61.5 Å². The van der Waals surface area contributed by atoms with Crippen LogP contribution < -0.4 is 16.0 Å². The number of carbonyl (C=O) groups excluding carboxylic acids is 1. The van der Waals surface area contributed by atoms with Crippen LogP contribution in [-0.4, -0.2) is 25.5 Å². The van der Waals surface area contributed by atoms with Crippen LogP contribution in [0.2, 0.25) is 0 Å². The summed E-state index contributed by atoms with van der Waals surface area (Å²) >= 11 is 0. The van der Waals surface area contributed by atoms with Gasteiger partial charge in [-0.3, -0.25) is 4.79 Å². The van der Waals surface area contributed by atoms with E-state index in [1.807, 2.05) is 0 Å². The molecule has 4 nitrogen and oxygen atoms in total. The number of amides is 1. The summed E-state index contributed by atoms with van der Waals surface area (Å²) in [6, 6.07) is 6.39. The summed E-state index contributed by atoms with van der Waals surface area (Å²) in [6.07, 6.45) is 5.75. The zero-order chi connectivity index (χ0) is 15.0. The molecule has 2 atom stereocenters. The molecule has 0 spiro atoms. The van der Waals surface area contributed by atoms with Gasteiger partial charge in [-0.25, -0.2) is 0 Å². The number of hydrogen-bond donors (Lipinski definition) is 3. The molecule has 0 unspecified atom stereocenters. The predicted molar refractivity (Wildman–Crippen MR) is 87.7 cm³/mol. The molecule has 1 aliphatic carbocycles. The molecular weight excluding hydrogens is 274 g/mol. The molecule has 118 valence electrons. The van der Waals surface area contributed by atoms with E-state index in [4.69, 9.17) is 0 Å². The highest BCUT2D eigenvalue weighted by Gasteiger charge is 2.49. The lowest BCUT2D eigenvalue weighted by atomic mass is 9.67. The van der Waals surface area contributed by atoms with Gasteiger partial charge in [-0.2, -0.15) is 0 Å². The minimum Gasteiger partial charge on any atom is -0.326 e. The predicted octanol–water partition coefficient (Wildman–Crippen LogP) is 2.05. The van der Waals surface area contributed by atoms with Crippen LogP contribution in [0.1, 0.15) is 36.8 Å². The number of benzene rings is 1. The maximum absolute atomic E-state index is 13.0. The lowest BCUT2D eigenvalue weighted by Gasteiger charge is -2.37. The van der Waals surface area contributed by atoms with E-state index < -0.39 is 0 Å². The Balaban J connectivity index is 1.54. The average Bonchev–Trinajstić information content (AvgIpc) is 3.00. The second kappa shape index (κ2) is 5.67. The fraction of sp³-hybridized carbons (Fsp3) is 0.611. The van der Waals surface area contributed by atoms with Crippen LogP contribution in [0, 0.1) is 11.3 Å². The monoisotopic (exact) mass is 299 g/mol. The number of carbonyl (C=O) groups is 1. The van der Waals surface area contributed by atoms with Crippen LogP contribution in [0.15, 0.2) is 18.2 Å². The maximum atomic E-state index is 13.0. The van der Waals surface area contributed by atoms with E-state index in [0.29, 0.717) is 5.92 Å². The Bertz CT molecular complexity index is 586. The standard InChI is InChI=1S/C18H25N3O/c22-17(18-7-2-1-3-15(18)11-20-12-18)21-16-5-4-13-6-8-19-10-14(13)9-16/h4-5,9,15,19-20H,1-3,6-8,10-12H2,(H,21,22)/t15-,18+/m0/s1. The number of fused-ring (bicyclic) bond motifs is 2. The summed E-state index contributed by atoms with van der Waals surface area (Å²) in [5, 5.41) is 10.1. The molecule has 1 aromatic carbocycles. The van der Waals surface area contributed by atoms with Gasteiger partial charge in [0.25, 0.3) is 0 Å². The van der Waals surface area contributed by atoms with Gasteiger partial charge in [0.2, 0.25) is 5.91 Å². The zero-order valence-corrected chi connectivity index (χ0v) is 13.1. The van der Waals surface area contributed by atoms with E-state index in [9.17, 15) is 4.79 Å². The van der Waals surface area contributed by atoms with Crippen LogP contribution >= 0.6 is 0 Å². The number of anilines is 1. The minimum atomic E-state index is -0.174. The fourth-order valence-electron chi connectivity index (χ4n) is 4.50. The van der Waals surface area contributed by atoms with Crippen molar-refractivity contribution in [2.24, 2.45) is 11.3 Å². The highest BCUT2D eigenvalue weighted by Crippen LogP contribution is 2.44. The molecule has 0 radical (unpaired) electrons. The van der Waals surface area contributed by atoms with Crippen LogP contribution in [0.3, 0.4) is 0 Å². The smallest absolute Gasteiger partial charge is 0.232 e. The Morgan fingerprint density at radius 1 is 1.23 bits per heavy atom. The van der Waals surface area contributed by atoms with Crippen LogP contribution in [-0.2, 0) is 17.8 Å². The zero-order valence-electron chi connectivity index (χ0n) is 13.1. The van der Waals surface area contributed by atoms with E-state index >= 15 is 0 Å². The van der Waals surface area contributed by atoms with E-state index in [1.165, 1.54) is 30.4 Å². The van der Waals surface area contributed by atoms with E-state index in [2.05, 4.69) is 34.1 Å². The van der Waals surface area contributed by atoms with Gasteiger partial charge in [0.1, 0.15) is 0 Å². The second-order valence-corrected chi connectivity index (χ2v) is 7.09. The highest BCUT2D eigenvalue weighted by molar-refractivity contribution is 5.96. The van der Waals surface area contributed by atoms with E-state index in [0.717, 1.165) is 44.7 Å². The topological polar surface area (TPSA) is 53.2 Å². The largest absolute Gasteiger partial charge is 0.326 e. The van der Waals surface area contributed by atoms with E-state index in [1.54, 1.807) is 0 Å². The van der Waals surface area contributed by atoms with Crippen molar-refractivity contribution in [1.82, 2.24) is 10.6 Å². The minimum absolute atomic E-state index is 0.174. The SMILES string of the molecule is O=C(Nc1ccc2c(c1)CNCC2)[C@@]12CCCC[C@H]1CNC2. The van der Waals surface area contributed by atoms with Gasteiger partial charge in [0.15, 0.2) is 0 Å². The summed E-state index contributed by atoms with van der Waals surface area (Å²) in [7, 11) is 0. The molecule has 1 aromatic rings. The first-order chi connectivity index (χ1) is 10.8. The molecule has 3 aliphatic rings. The molecule has 2 fully saturated rings. The van der Waals surface area contributed by atoms with Crippen molar-refractivity contribution in [3.05, 3.63) is 29.3 Å². The van der Waals surface area contributed by atoms with Crippen molar-refractivity contribution in [2.45, 2.75) is 38.6 Å². The summed E-state index contributed by atoms with van der Waals surface area (Å²) in [6.45, 7) is 3.81.